The first-order valence-corrected chi connectivity index (χ1v) is 4.36. The molecule has 0 aromatic carbocycles. The average molecular weight is 177 g/mol. The van der Waals surface area contributed by atoms with Crippen LogP contribution < -0.4 is 4.31 Å². The van der Waals surface area contributed by atoms with E-state index in [1.165, 1.54) is 12.2 Å². The maximum Gasteiger partial charge on any atom is 0.480 e. The molecule has 0 aromatic rings. The van der Waals surface area contributed by atoms with Crippen LogP contribution in [-0.4, -0.2) is 26.1 Å². The fourth-order valence-electron chi connectivity index (χ4n) is 0.551. The van der Waals surface area contributed by atoms with Crippen LogP contribution in [-0.2, 0) is 10.3 Å². The highest BCUT2D eigenvalue weighted by molar-refractivity contribution is 7.84. The quantitative estimate of drug-likeness (QED) is 0.373. The van der Waals surface area contributed by atoms with Crippen molar-refractivity contribution < 1.29 is 13.0 Å². The van der Waals surface area contributed by atoms with Crippen LogP contribution >= 0.6 is 0 Å². The molecule has 1 radical (unpaired) electrons. The molecule has 0 heterocycles. The van der Waals surface area contributed by atoms with Crippen molar-refractivity contribution in [1.29, 1.82) is 0 Å². The first-order valence-electron chi connectivity index (χ1n) is 2.96. The summed E-state index contributed by atoms with van der Waals surface area (Å²) in [5.74, 6) is 0. The second-order valence-electron chi connectivity index (χ2n) is 1.87. The van der Waals surface area contributed by atoms with Crippen molar-refractivity contribution in [2.24, 2.45) is 0 Å². The van der Waals surface area contributed by atoms with Gasteiger partial charge in [-0.3, -0.25) is 0 Å². The minimum absolute atomic E-state index is 0.0881. The third-order valence-electron chi connectivity index (χ3n) is 0.992. The Kier molecular flexibility index (Phi) is 4.02. The molecule has 0 aliphatic carbocycles. The van der Waals surface area contributed by atoms with Crippen molar-refractivity contribution >= 4 is 10.3 Å². The fraction of sp³-hybridized carbons (Fsp3) is 0.333. The zero-order chi connectivity index (χ0) is 8.91. The lowest BCUT2D eigenvalue weighted by Crippen LogP contribution is -2.36. The molecule has 0 aromatic heterocycles. The van der Waals surface area contributed by atoms with E-state index < -0.39 is 10.3 Å². The lowest BCUT2D eigenvalue weighted by Gasteiger charge is -2.01. The second kappa shape index (κ2) is 4.27. The van der Waals surface area contributed by atoms with E-state index in [4.69, 9.17) is 4.55 Å². The predicted octanol–water partition coefficient (Wildman–Crippen LogP) is 0.301. The molecule has 0 amide bonds. The van der Waals surface area contributed by atoms with Gasteiger partial charge in [-0.05, 0) is 16.5 Å². The second-order valence-corrected chi connectivity index (χ2v) is 3.28. The van der Waals surface area contributed by atoms with Crippen molar-refractivity contribution in [3.8, 4) is 0 Å². The van der Waals surface area contributed by atoms with Gasteiger partial charge in [-0.1, -0.05) is 13.2 Å². The summed E-state index contributed by atoms with van der Waals surface area (Å²) >= 11 is 0. The Morgan fingerprint density at radius 3 is 1.82 bits per heavy atom. The molecular formula is C6H11NO3S+. The summed E-state index contributed by atoms with van der Waals surface area (Å²) in [6.07, 6.45) is 2.77. The molecule has 0 unspecified atom stereocenters. The van der Waals surface area contributed by atoms with E-state index in [0.29, 0.717) is 0 Å². The average Bonchev–Trinajstić information content (AvgIpc) is 1.85. The van der Waals surface area contributed by atoms with Crippen molar-refractivity contribution in [1.82, 2.24) is 4.31 Å². The van der Waals surface area contributed by atoms with Crippen LogP contribution in [0.25, 0.3) is 0 Å². The molecule has 0 bridgehead atoms. The molecule has 0 atom stereocenters. The van der Waals surface area contributed by atoms with E-state index in [1.54, 1.807) is 0 Å². The van der Waals surface area contributed by atoms with Gasteiger partial charge >= 0.3 is 10.3 Å². The normalized spacial score (nSPS) is 11.5. The van der Waals surface area contributed by atoms with Gasteiger partial charge in [-0.15, -0.1) is 8.42 Å². The Morgan fingerprint density at radius 1 is 1.27 bits per heavy atom. The summed E-state index contributed by atoms with van der Waals surface area (Å²) in [5.41, 5.74) is 0. The van der Waals surface area contributed by atoms with Gasteiger partial charge in [0, 0.05) is 0 Å². The molecular weight excluding hydrogens is 166 g/mol. The predicted molar refractivity (Wildman–Crippen MR) is 43.8 cm³/mol. The molecule has 5 heteroatoms. The summed E-state index contributed by atoms with van der Waals surface area (Å²) in [6, 6.07) is 0. The van der Waals surface area contributed by atoms with E-state index in [1.807, 2.05) is 0 Å². The molecule has 63 valence electrons. The molecule has 0 rings (SSSR count). The van der Waals surface area contributed by atoms with Gasteiger partial charge in [0.2, 0.25) is 0 Å². The van der Waals surface area contributed by atoms with Gasteiger partial charge in [0.1, 0.15) is 0 Å². The summed E-state index contributed by atoms with van der Waals surface area (Å²) < 4.78 is 30.4. The van der Waals surface area contributed by atoms with E-state index in [2.05, 4.69) is 13.2 Å². The molecule has 0 saturated heterocycles. The maximum atomic E-state index is 10.5. The van der Waals surface area contributed by atoms with Crippen LogP contribution in [0.1, 0.15) is 0 Å². The Bertz CT molecular complexity index is 222. The standard InChI is InChI=1S/C6H11NO3S/c1-3-5-7(6-4-2)11(8,9)10/h3-4H,1-2,5-6H2,(H,8,9,10)/q+1. The summed E-state index contributed by atoms with van der Waals surface area (Å²) in [7, 11) is -4.10. The van der Waals surface area contributed by atoms with Crippen LogP contribution in [0, 0.1) is 0 Å². The number of hydrogen-bond acceptors (Lipinski definition) is 2. The van der Waals surface area contributed by atoms with Gasteiger partial charge in [-0.2, -0.15) is 0 Å². The lowest BCUT2D eigenvalue weighted by atomic mass is 10.5. The largest absolute Gasteiger partial charge is 0.480 e. The molecule has 11 heavy (non-hydrogen) atoms. The Hall–Kier alpha value is -0.650. The minimum Gasteiger partial charge on any atom is -0.238 e. The van der Waals surface area contributed by atoms with Gasteiger partial charge in [0.05, 0.1) is 0 Å². The topological polar surface area (TPSA) is 60.3 Å². The van der Waals surface area contributed by atoms with Crippen LogP contribution in [0.3, 0.4) is 0 Å². The third kappa shape index (κ3) is 3.92. The Labute approximate surface area is 66.7 Å². The summed E-state index contributed by atoms with van der Waals surface area (Å²) in [5, 5.41) is 0. The first kappa shape index (κ1) is 10.3. The highest BCUT2D eigenvalue weighted by Crippen LogP contribution is 1.91. The van der Waals surface area contributed by atoms with Crippen LogP contribution in [0.2, 0.25) is 0 Å². The van der Waals surface area contributed by atoms with Crippen molar-refractivity contribution in [3.63, 3.8) is 0 Å². The molecule has 1 N–H and O–H groups in total. The van der Waals surface area contributed by atoms with E-state index >= 15 is 0 Å². The SMILES string of the molecule is C=CC[N+](CC=C)S(=O)(=O)O. The first-order chi connectivity index (χ1) is 5.02. The third-order valence-corrected chi connectivity index (χ3v) is 1.94. The molecule has 4 nitrogen and oxygen atoms in total. The van der Waals surface area contributed by atoms with E-state index in [9.17, 15) is 8.42 Å². The van der Waals surface area contributed by atoms with Gasteiger partial charge in [-0.25, -0.2) is 4.55 Å². The smallest absolute Gasteiger partial charge is 0.238 e. The van der Waals surface area contributed by atoms with Crippen LogP contribution in [0.4, 0.5) is 0 Å². The monoisotopic (exact) mass is 177 g/mol. The molecule has 0 aliphatic heterocycles. The maximum absolute atomic E-state index is 10.5. The Balaban J connectivity index is 4.33. The minimum atomic E-state index is -4.10. The van der Waals surface area contributed by atoms with E-state index in [-0.39, 0.29) is 13.1 Å². The van der Waals surface area contributed by atoms with Gasteiger partial charge in [0.25, 0.3) is 0 Å². The zero-order valence-corrected chi connectivity index (χ0v) is 6.92. The molecule has 0 fully saturated rings. The summed E-state index contributed by atoms with van der Waals surface area (Å²) in [4.78, 5) is 0. The van der Waals surface area contributed by atoms with Crippen molar-refractivity contribution in [3.05, 3.63) is 25.3 Å². The molecule has 0 spiro atoms. The zero-order valence-electron chi connectivity index (χ0n) is 6.10. The van der Waals surface area contributed by atoms with E-state index in [0.717, 1.165) is 4.31 Å². The lowest BCUT2D eigenvalue weighted by molar-refractivity contribution is 0.436. The van der Waals surface area contributed by atoms with Crippen LogP contribution in [0.5, 0.6) is 0 Å². The van der Waals surface area contributed by atoms with Crippen molar-refractivity contribution in [2.45, 2.75) is 0 Å². The Morgan fingerprint density at radius 2 is 1.64 bits per heavy atom. The van der Waals surface area contributed by atoms with Crippen molar-refractivity contribution in [2.75, 3.05) is 13.1 Å². The van der Waals surface area contributed by atoms with Crippen LogP contribution in [0.15, 0.2) is 25.3 Å². The fourth-order valence-corrected chi connectivity index (χ4v) is 1.14. The summed E-state index contributed by atoms with van der Waals surface area (Å²) in [6.45, 7) is 6.87. The van der Waals surface area contributed by atoms with Gasteiger partial charge in [0.15, 0.2) is 13.1 Å². The highest BCUT2D eigenvalue weighted by Gasteiger charge is 2.26. The number of hydrogen-bond donors (Lipinski definition) is 1. The number of rotatable bonds is 5. The number of nitrogens with zero attached hydrogens (tertiary/aromatic N) is 1. The molecule has 0 saturated carbocycles. The van der Waals surface area contributed by atoms with Gasteiger partial charge < -0.3 is 0 Å². The molecule has 0 aliphatic rings. The highest BCUT2D eigenvalue weighted by atomic mass is 32.2.